The summed E-state index contributed by atoms with van der Waals surface area (Å²) in [5, 5.41) is 13.8. The van der Waals surface area contributed by atoms with E-state index in [1.807, 2.05) is 7.05 Å². The highest BCUT2D eigenvalue weighted by Crippen LogP contribution is 2.16. The van der Waals surface area contributed by atoms with E-state index in [4.69, 9.17) is 0 Å². The Morgan fingerprint density at radius 3 is 2.33 bits per heavy atom. The number of hydrogen-bond donors (Lipinski definition) is 2. The van der Waals surface area contributed by atoms with Crippen molar-refractivity contribution in [2.24, 2.45) is 7.05 Å². The summed E-state index contributed by atoms with van der Waals surface area (Å²) in [6, 6.07) is 6.92. The molecule has 1 aromatic heterocycles. The minimum atomic E-state index is -0.133. The summed E-state index contributed by atoms with van der Waals surface area (Å²) >= 11 is 1.31. The molecule has 0 aliphatic heterocycles. The highest BCUT2D eigenvalue weighted by molar-refractivity contribution is 7.99. The Kier molecular flexibility index (Phi) is 4.94. The summed E-state index contributed by atoms with van der Waals surface area (Å²) in [5.74, 6) is -0.0119. The molecular weight excluding hydrogens is 290 g/mol. The van der Waals surface area contributed by atoms with Crippen LogP contribution in [0, 0.1) is 0 Å². The normalized spacial score (nSPS) is 10.2. The van der Waals surface area contributed by atoms with Crippen LogP contribution in [0.1, 0.15) is 6.92 Å². The first-order chi connectivity index (χ1) is 10.0. The van der Waals surface area contributed by atoms with Crippen LogP contribution in [0.5, 0.6) is 0 Å². The molecule has 1 aromatic carbocycles. The monoisotopic (exact) mass is 305 g/mol. The summed E-state index contributed by atoms with van der Waals surface area (Å²) in [6.45, 7) is 1.44. The summed E-state index contributed by atoms with van der Waals surface area (Å²) < 4.78 is 1.75. The smallest absolute Gasteiger partial charge is 0.234 e. The molecule has 0 aliphatic carbocycles. The van der Waals surface area contributed by atoms with Gasteiger partial charge in [-0.25, -0.2) is 0 Å². The molecule has 8 heteroatoms. The molecule has 0 saturated heterocycles. The van der Waals surface area contributed by atoms with Crippen molar-refractivity contribution in [1.29, 1.82) is 0 Å². The number of rotatable bonds is 5. The largest absolute Gasteiger partial charge is 0.326 e. The molecular formula is C13H15N5O2S. The molecule has 7 nitrogen and oxygen atoms in total. The first-order valence-electron chi connectivity index (χ1n) is 6.19. The van der Waals surface area contributed by atoms with E-state index in [2.05, 4.69) is 20.8 Å². The van der Waals surface area contributed by atoms with Gasteiger partial charge >= 0.3 is 0 Å². The second-order valence-electron chi connectivity index (χ2n) is 4.32. The van der Waals surface area contributed by atoms with E-state index in [1.165, 1.54) is 18.7 Å². The molecule has 21 heavy (non-hydrogen) atoms. The van der Waals surface area contributed by atoms with Gasteiger partial charge in [-0.05, 0) is 24.3 Å². The maximum absolute atomic E-state index is 11.8. The number of aromatic nitrogens is 3. The van der Waals surface area contributed by atoms with E-state index in [1.54, 1.807) is 35.2 Å². The highest BCUT2D eigenvalue weighted by atomic mass is 32.2. The summed E-state index contributed by atoms with van der Waals surface area (Å²) in [5.41, 5.74) is 1.36. The number of anilines is 2. The van der Waals surface area contributed by atoms with E-state index in [-0.39, 0.29) is 17.6 Å². The topological polar surface area (TPSA) is 88.9 Å². The van der Waals surface area contributed by atoms with Crippen LogP contribution < -0.4 is 10.6 Å². The number of aryl methyl sites for hydroxylation is 1. The molecule has 0 aliphatic rings. The minimum absolute atomic E-state index is 0.129. The molecule has 2 rings (SSSR count). The third-order valence-electron chi connectivity index (χ3n) is 2.49. The fourth-order valence-electron chi connectivity index (χ4n) is 1.57. The van der Waals surface area contributed by atoms with Crippen LogP contribution in [-0.2, 0) is 16.6 Å². The van der Waals surface area contributed by atoms with Crippen molar-refractivity contribution in [1.82, 2.24) is 14.8 Å². The number of amides is 2. The van der Waals surface area contributed by atoms with Gasteiger partial charge in [0, 0.05) is 25.3 Å². The van der Waals surface area contributed by atoms with E-state index in [0.29, 0.717) is 16.5 Å². The predicted octanol–water partition coefficient (Wildman–Crippen LogP) is 1.50. The van der Waals surface area contributed by atoms with Gasteiger partial charge in [0.15, 0.2) is 5.16 Å². The SMILES string of the molecule is CC(=O)Nc1ccc(NC(=O)CSc2nncn2C)cc1. The number of benzene rings is 1. The van der Waals surface area contributed by atoms with Crippen molar-refractivity contribution in [3.05, 3.63) is 30.6 Å². The number of hydrogen-bond acceptors (Lipinski definition) is 5. The molecule has 2 amide bonds. The van der Waals surface area contributed by atoms with Gasteiger partial charge in [-0.2, -0.15) is 0 Å². The molecule has 110 valence electrons. The second-order valence-corrected chi connectivity index (χ2v) is 5.26. The zero-order chi connectivity index (χ0) is 15.2. The zero-order valence-electron chi connectivity index (χ0n) is 11.7. The molecule has 0 atom stereocenters. The molecule has 2 aromatic rings. The summed E-state index contributed by atoms with van der Waals surface area (Å²) in [4.78, 5) is 22.7. The first kappa shape index (κ1) is 15.0. The van der Waals surface area contributed by atoms with Crippen molar-refractivity contribution >= 4 is 35.0 Å². The Hall–Kier alpha value is -2.35. The fraction of sp³-hybridized carbons (Fsp3) is 0.231. The van der Waals surface area contributed by atoms with Gasteiger partial charge in [-0.3, -0.25) is 9.59 Å². The van der Waals surface area contributed by atoms with Crippen molar-refractivity contribution in [2.45, 2.75) is 12.1 Å². The molecule has 0 saturated carbocycles. The summed E-state index contributed by atoms with van der Waals surface area (Å²) in [7, 11) is 1.82. The average molecular weight is 305 g/mol. The molecule has 0 radical (unpaired) electrons. The van der Waals surface area contributed by atoms with E-state index < -0.39 is 0 Å². The van der Waals surface area contributed by atoms with Gasteiger partial charge in [0.2, 0.25) is 11.8 Å². The van der Waals surface area contributed by atoms with Gasteiger partial charge in [0.05, 0.1) is 5.75 Å². The number of nitrogens with one attached hydrogen (secondary N) is 2. The first-order valence-corrected chi connectivity index (χ1v) is 7.17. The average Bonchev–Trinajstić information content (AvgIpc) is 2.84. The van der Waals surface area contributed by atoms with Crippen LogP contribution >= 0.6 is 11.8 Å². The third-order valence-corrected chi connectivity index (χ3v) is 3.53. The van der Waals surface area contributed by atoms with Crippen molar-refractivity contribution in [3.8, 4) is 0 Å². The number of carbonyl (C=O) groups is 2. The van der Waals surface area contributed by atoms with Crippen LogP contribution in [0.4, 0.5) is 11.4 Å². The Bertz CT molecular complexity index is 638. The number of nitrogens with zero attached hydrogens (tertiary/aromatic N) is 3. The van der Waals surface area contributed by atoms with Gasteiger partial charge in [0.1, 0.15) is 6.33 Å². The molecule has 0 spiro atoms. The molecule has 0 unspecified atom stereocenters. The lowest BCUT2D eigenvalue weighted by Gasteiger charge is -2.06. The van der Waals surface area contributed by atoms with Crippen molar-refractivity contribution < 1.29 is 9.59 Å². The van der Waals surface area contributed by atoms with E-state index in [0.717, 1.165) is 0 Å². The van der Waals surface area contributed by atoms with Gasteiger partial charge in [0.25, 0.3) is 0 Å². The molecule has 2 N–H and O–H groups in total. The van der Waals surface area contributed by atoms with Crippen LogP contribution in [0.15, 0.2) is 35.7 Å². The third kappa shape index (κ3) is 4.60. The molecule has 1 heterocycles. The highest BCUT2D eigenvalue weighted by Gasteiger charge is 2.07. The second kappa shape index (κ2) is 6.89. The Balaban J connectivity index is 1.85. The van der Waals surface area contributed by atoms with Crippen LogP contribution in [0.3, 0.4) is 0 Å². The number of thioether (sulfide) groups is 1. The van der Waals surface area contributed by atoms with Crippen LogP contribution in [0.2, 0.25) is 0 Å². The Morgan fingerprint density at radius 1 is 1.19 bits per heavy atom. The standard InChI is InChI=1S/C13H15N5O2S/c1-9(19)15-10-3-5-11(6-4-10)16-12(20)7-21-13-17-14-8-18(13)2/h3-6,8H,7H2,1-2H3,(H,15,19)(H,16,20). The maximum atomic E-state index is 11.8. The van der Waals surface area contributed by atoms with E-state index in [9.17, 15) is 9.59 Å². The van der Waals surface area contributed by atoms with Gasteiger partial charge < -0.3 is 15.2 Å². The van der Waals surface area contributed by atoms with Gasteiger partial charge in [-0.15, -0.1) is 10.2 Å². The fourth-order valence-corrected chi connectivity index (χ4v) is 2.26. The molecule has 0 bridgehead atoms. The predicted molar refractivity (Wildman–Crippen MR) is 81.1 cm³/mol. The van der Waals surface area contributed by atoms with Gasteiger partial charge in [-0.1, -0.05) is 11.8 Å². The quantitative estimate of drug-likeness (QED) is 0.817. The zero-order valence-corrected chi connectivity index (χ0v) is 12.5. The van der Waals surface area contributed by atoms with Crippen LogP contribution in [0.25, 0.3) is 0 Å². The minimum Gasteiger partial charge on any atom is -0.326 e. The lowest BCUT2D eigenvalue weighted by molar-refractivity contribution is -0.114. The lowest BCUT2D eigenvalue weighted by atomic mass is 10.3. The Morgan fingerprint density at radius 2 is 1.81 bits per heavy atom. The van der Waals surface area contributed by atoms with Crippen molar-refractivity contribution in [2.75, 3.05) is 16.4 Å². The molecule has 0 fully saturated rings. The maximum Gasteiger partial charge on any atom is 0.234 e. The van der Waals surface area contributed by atoms with Crippen molar-refractivity contribution in [3.63, 3.8) is 0 Å². The van der Waals surface area contributed by atoms with Crippen LogP contribution in [-0.4, -0.2) is 32.3 Å². The number of carbonyl (C=O) groups excluding carboxylic acids is 2. The lowest BCUT2D eigenvalue weighted by Crippen LogP contribution is -2.14. The van der Waals surface area contributed by atoms with E-state index >= 15 is 0 Å². The summed E-state index contributed by atoms with van der Waals surface area (Å²) in [6.07, 6.45) is 1.58. The Labute approximate surface area is 126 Å².